The van der Waals surface area contributed by atoms with Crippen LogP contribution in [0.3, 0.4) is 0 Å². The van der Waals surface area contributed by atoms with Crippen molar-refractivity contribution in [2.45, 2.75) is 25.6 Å². The maximum absolute atomic E-state index is 10.9. The molecule has 2 aliphatic heterocycles. The number of benzene rings is 2. The number of hydrogen-bond donors (Lipinski definition) is 1. The van der Waals surface area contributed by atoms with Crippen molar-refractivity contribution >= 4 is 0 Å². The zero-order valence-electron chi connectivity index (χ0n) is 15.2. The van der Waals surface area contributed by atoms with Gasteiger partial charge in [-0.05, 0) is 24.3 Å². The molecule has 3 atom stereocenters. The number of aliphatic hydroxyl groups is 1. The number of hydrogen-bond acceptors (Lipinski definition) is 6. The Labute approximate surface area is 152 Å². The minimum absolute atomic E-state index is 0.173. The van der Waals surface area contributed by atoms with E-state index in [9.17, 15) is 5.11 Å². The fourth-order valence-electron chi connectivity index (χ4n) is 3.68. The third-order valence-corrected chi connectivity index (χ3v) is 5.27. The van der Waals surface area contributed by atoms with Gasteiger partial charge in [-0.25, -0.2) is 0 Å². The van der Waals surface area contributed by atoms with Crippen LogP contribution in [0.5, 0.6) is 28.7 Å². The molecule has 0 radical (unpaired) electrons. The van der Waals surface area contributed by atoms with Crippen LogP contribution in [0.25, 0.3) is 0 Å². The van der Waals surface area contributed by atoms with Crippen LogP contribution in [0.15, 0.2) is 30.3 Å². The molecule has 0 fully saturated rings. The van der Waals surface area contributed by atoms with Crippen molar-refractivity contribution in [1.82, 2.24) is 0 Å². The van der Waals surface area contributed by atoms with Crippen molar-refractivity contribution in [2.24, 2.45) is 5.92 Å². The predicted octanol–water partition coefficient (Wildman–Crippen LogP) is 3.30. The van der Waals surface area contributed by atoms with Gasteiger partial charge in [0.05, 0.1) is 14.2 Å². The molecule has 0 spiro atoms. The van der Waals surface area contributed by atoms with Gasteiger partial charge < -0.3 is 28.8 Å². The molecule has 1 N–H and O–H groups in total. The van der Waals surface area contributed by atoms with Gasteiger partial charge in [-0.2, -0.15) is 0 Å². The van der Waals surface area contributed by atoms with Crippen LogP contribution in [-0.2, 0) is 0 Å². The average Bonchev–Trinajstić information content (AvgIpc) is 3.08. The lowest BCUT2D eigenvalue weighted by molar-refractivity contribution is -0.171. The summed E-state index contributed by atoms with van der Waals surface area (Å²) < 4.78 is 27.9. The lowest BCUT2D eigenvalue weighted by atomic mass is 9.75. The Hall–Kier alpha value is -2.60. The Morgan fingerprint density at radius 3 is 2.42 bits per heavy atom. The van der Waals surface area contributed by atoms with Crippen LogP contribution < -0.4 is 23.7 Å². The lowest BCUT2D eigenvalue weighted by Gasteiger charge is -2.42. The molecule has 6 nitrogen and oxygen atoms in total. The molecule has 0 saturated carbocycles. The van der Waals surface area contributed by atoms with Crippen LogP contribution >= 0.6 is 0 Å². The Morgan fingerprint density at radius 1 is 1.00 bits per heavy atom. The van der Waals surface area contributed by atoms with Crippen LogP contribution in [0, 0.1) is 5.92 Å². The van der Waals surface area contributed by atoms with Gasteiger partial charge in [0.2, 0.25) is 12.6 Å². The van der Waals surface area contributed by atoms with E-state index in [4.69, 9.17) is 23.7 Å². The van der Waals surface area contributed by atoms with Crippen LogP contribution in [0.1, 0.15) is 30.9 Å². The second-order valence-corrected chi connectivity index (χ2v) is 6.77. The highest BCUT2D eigenvalue weighted by Crippen LogP contribution is 2.53. The second kappa shape index (κ2) is 5.99. The van der Waals surface area contributed by atoms with Gasteiger partial charge in [0, 0.05) is 36.0 Å². The molecule has 26 heavy (non-hydrogen) atoms. The maximum atomic E-state index is 10.9. The third kappa shape index (κ3) is 2.52. The predicted molar refractivity (Wildman–Crippen MR) is 94.4 cm³/mol. The van der Waals surface area contributed by atoms with E-state index in [1.807, 2.05) is 31.2 Å². The van der Waals surface area contributed by atoms with Gasteiger partial charge in [-0.1, -0.05) is 6.92 Å². The normalized spacial score (nSPS) is 26.0. The highest BCUT2D eigenvalue weighted by Gasteiger charge is 2.45. The molecular weight excluding hydrogens is 336 g/mol. The minimum atomic E-state index is -1.35. The Kier molecular flexibility index (Phi) is 3.88. The monoisotopic (exact) mass is 358 g/mol. The molecule has 0 aliphatic carbocycles. The molecule has 4 rings (SSSR count). The van der Waals surface area contributed by atoms with Crippen LogP contribution in [0.4, 0.5) is 0 Å². The largest absolute Gasteiger partial charge is 0.497 e. The fourth-order valence-corrected chi connectivity index (χ4v) is 3.68. The molecule has 2 aromatic carbocycles. The summed E-state index contributed by atoms with van der Waals surface area (Å²) in [5.41, 5.74) is 1.84. The van der Waals surface area contributed by atoms with Gasteiger partial charge in [-0.3, -0.25) is 0 Å². The Bertz CT molecular complexity index is 844. The Morgan fingerprint density at radius 2 is 1.73 bits per heavy atom. The van der Waals surface area contributed by atoms with E-state index in [1.165, 1.54) is 0 Å². The lowest BCUT2D eigenvalue weighted by Crippen LogP contribution is -2.45. The summed E-state index contributed by atoms with van der Waals surface area (Å²) in [6, 6.07) is 9.36. The van der Waals surface area contributed by atoms with E-state index >= 15 is 0 Å². The number of fused-ring (bicyclic) bond motifs is 2. The van der Waals surface area contributed by atoms with Crippen LogP contribution in [-0.4, -0.2) is 31.9 Å². The first-order valence-corrected chi connectivity index (χ1v) is 8.51. The fraction of sp³-hybridized carbons (Fsp3) is 0.400. The highest BCUT2D eigenvalue weighted by molar-refractivity contribution is 5.58. The van der Waals surface area contributed by atoms with E-state index in [2.05, 4.69) is 0 Å². The Balaban J connectivity index is 1.93. The summed E-state index contributed by atoms with van der Waals surface area (Å²) in [5.74, 6) is 1.56. The summed E-state index contributed by atoms with van der Waals surface area (Å²) in [4.78, 5) is 0. The average molecular weight is 358 g/mol. The molecular formula is C20H22O6. The van der Waals surface area contributed by atoms with E-state index < -0.39 is 5.79 Å². The minimum Gasteiger partial charge on any atom is -0.497 e. The molecule has 0 aromatic heterocycles. The molecule has 2 heterocycles. The van der Waals surface area contributed by atoms with E-state index in [0.29, 0.717) is 17.2 Å². The molecule has 0 saturated heterocycles. The summed E-state index contributed by atoms with van der Waals surface area (Å²) in [6.07, 6.45) is 0. The smallest absolute Gasteiger partial charge is 0.231 e. The highest BCUT2D eigenvalue weighted by atomic mass is 16.7. The van der Waals surface area contributed by atoms with Crippen molar-refractivity contribution in [3.63, 3.8) is 0 Å². The zero-order valence-corrected chi connectivity index (χ0v) is 15.2. The van der Waals surface area contributed by atoms with Crippen molar-refractivity contribution < 1.29 is 28.8 Å². The molecule has 6 heteroatoms. The molecule has 0 amide bonds. The summed E-state index contributed by atoms with van der Waals surface area (Å²) >= 11 is 0. The molecule has 138 valence electrons. The second-order valence-electron chi connectivity index (χ2n) is 6.77. The van der Waals surface area contributed by atoms with Crippen LogP contribution in [0.2, 0.25) is 0 Å². The third-order valence-electron chi connectivity index (χ3n) is 5.27. The summed E-state index contributed by atoms with van der Waals surface area (Å²) in [5, 5.41) is 10.9. The molecule has 2 aliphatic rings. The number of rotatable bonds is 3. The van der Waals surface area contributed by atoms with Gasteiger partial charge in [0.25, 0.3) is 0 Å². The van der Waals surface area contributed by atoms with E-state index in [0.717, 1.165) is 22.6 Å². The van der Waals surface area contributed by atoms with Crippen molar-refractivity contribution in [3.05, 3.63) is 41.5 Å². The van der Waals surface area contributed by atoms with Crippen molar-refractivity contribution in [1.29, 1.82) is 0 Å². The zero-order chi connectivity index (χ0) is 18.5. The standard InChI is InChI=1S/C20H22O6/c1-11-19(13-7-12(22-3)5-6-15(13)23-4)14-8-17-18(25-10-24-17)9-16(14)26-20(11,2)21/h5-9,11,19,21H,10H2,1-4H3/t11-,19+,20-/m0/s1. The number of ether oxygens (including phenoxy) is 5. The molecule has 2 aromatic rings. The van der Waals surface area contributed by atoms with E-state index in [-0.39, 0.29) is 18.6 Å². The first-order valence-electron chi connectivity index (χ1n) is 8.51. The molecule has 0 bridgehead atoms. The van der Waals surface area contributed by atoms with Gasteiger partial charge in [0.1, 0.15) is 17.2 Å². The quantitative estimate of drug-likeness (QED) is 0.908. The topological polar surface area (TPSA) is 66.4 Å². The van der Waals surface area contributed by atoms with Gasteiger partial charge in [0.15, 0.2) is 11.5 Å². The first-order chi connectivity index (χ1) is 12.4. The van der Waals surface area contributed by atoms with Crippen molar-refractivity contribution in [2.75, 3.05) is 21.0 Å². The van der Waals surface area contributed by atoms with Gasteiger partial charge >= 0.3 is 0 Å². The summed E-state index contributed by atoms with van der Waals surface area (Å²) in [7, 11) is 3.26. The van der Waals surface area contributed by atoms with E-state index in [1.54, 1.807) is 27.2 Å². The van der Waals surface area contributed by atoms with Crippen molar-refractivity contribution in [3.8, 4) is 28.7 Å². The maximum Gasteiger partial charge on any atom is 0.231 e. The summed E-state index contributed by atoms with van der Waals surface area (Å²) in [6.45, 7) is 3.80. The SMILES string of the molecule is COc1ccc(OC)c([C@@H]2c3cc4c(cc3O[C@](C)(O)[C@H]2C)OCO4)c1. The number of methoxy groups -OCH3 is 2. The first kappa shape index (κ1) is 16.8. The van der Waals surface area contributed by atoms with Gasteiger partial charge in [-0.15, -0.1) is 0 Å². The molecule has 0 unspecified atom stereocenters.